The predicted molar refractivity (Wildman–Crippen MR) is 90.0 cm³/mol. The summed E-state index contributed by atoms with van der Waals surface area (Å²) in [6.07, 6.45) is -11.2. The average molecular weight is 423 g/mol. The van der Waals surface area contributed by atoms with Crippen LogP contribution in [0.2, 0.25) is 0 Å². The van der Waals surface area contributed by atoms with Gasteiger partial charge in [0, 0.05) is 5.56 Å². The summed E-state index contributed by atoms with van der Waals surface area (Å²) < 4.78 is 82.3. The molecule has 0 heterocycles. The lowest BCUT2D eigenvalue weighted by Gasteiger charge is -2.17. The smallest absolute Gasteiger partial charge is 0.416 e. The van der Waals surface area contributed by atoms with E-state index < -0.39 is 47.0 Å². The molecule has 156 valence electrons. The SMILES string of the molecule is [13CH3][13C@H]([15NH]C(=O)OCc1ccccc1)[13C](=O)c1cc(C(F)(F)F)cc(C(F)(F)F)c1. The third-order valence-corrected chi connectivity index (χ3v) is 3.81. The highest BCUT2D eigenvalue weighted by atomic mass is 19.4. The van der Waals surface area contributed by atoms with Crippen LogP contribution in [0.1, 0.15) is 34.0 Å². The average Bonchev–Trinajstić information content (AvgIpc) is 2.64. The molecule has 1 atom stereocenters. The Morgan fingerprint density at radius 2 is 1.45 bits per heavy atom. The minimum atomic E-state index is -5.08. The Balaban J connectivity index is 2.14. The van der Waals surface area contributed by atoms with Gasteiger partial charge in [-0.2, -0.15) is 26.3 Å². The van der Waals surface area contributed by atoms with Crippen LogP contribution in [0.5, 0.6) is 0 Å². The summed E-state index contributed by atoms with van der Waals surface area (Å²) in [7, 11) is 0. The van der Waals surface area contributed by atoms with Crippen LogP contribution in [-0.2, 0) is 23.7 Å². The van der Waals surface area contributed by atoms with E-state index in [1.54, 1.807) is 30.3 Å². The van der Waals surface area contributed by atoms with Crippen molar-refractivity contribution in [1.29, 1.82) is 0 Å². The number of halogens is 6. The molecule has 0 aliphatic carbocycles. The zero-order chi connectivity index (χ0) is 21.8. The van der Waals surface area contributed by atoms with Gasteiger partial charge in [-0.3, -0.25) is 4.79 Å². The van der Waals surface area contributed by atoms with E-state index in [-0.39, 0.29) is 12.7 Å². The van der Waals surface area contributed by atoms with Gasteiger partial charge in [0.05, 0.1) is 17.2 Å². The Hall–Kier alpha value is -3.04. The second kappa shape index (κ2) is 8.54. The third-order valence-electron chi connectivity index (χ3n) is 3.81. The normalized spacial score (nSPS) is 12.9. The van der Waals surface area contributed by atoms with E-state index in [1.807, 2.05) is 0 Å². The number of nitrogens with one attached hydrogen (secondary N) is 1. The van der Waals surface area contributed by atoms with Gasteiger partial charge in [-0.1, -0.05) is 30.3 Å². The summed E-state index contributed by atoms with van der Waals surface area (Å²) in [5, 5.41) is 2.09. The Bertz CT molecular complexity index is 845. The van der Waals surface area contributed by atoms with Gasteiger partial charge in [0.15, 0.2) is 5.78 Å². The summed E-state index contributed by atoms with van der Waals surface area (Å²) in [5.74, 6) is -1.13. The fraction of sp³-hybridized carbons (Fsp3) is 0.263. The van der Waals surface area contributed by atoms with E-state index >= 15 is 0 Å². The molecule has 1 N–H and O–H groups in total. The fourth-order valence-corrected chi connectivity index (χ4v) is 2.35. The number of ketones is 1. The van der Waals surface area contributed by atoms with Gasteiger partial charge in [-0.15, -0.1) is 0 Å². The minimum Gasteiger partial charge on any atom is -0.445 e. The number of Topliss-reactive ketones (excluding diaryl/α,β-unsaturated/α-hetero) is 1. The van der Waals surface area contributed by atoms with Crippen molar-refractivity contribution >= 4 is 11.9 Å². The Morgan fingerprint density at radius 3 is 1.93 bits per heavy atom. The topological polar surface area (TPSA) is 55.4 Å². The largest absolute Gasteiger partial charge is 0.445 e. The van der Waals surface area contributed by atoms with Crippen LogP contribution >= 0.6 is 0 Å². The molecule has 0 bridgehead atoms. The van der Waals surface area contributed by atoms with Gasteiger partial charge in [0.25, 0.3) is 0 Å². The van der Waals surface area contributed by atoms with E-state index in [1.165, 1.54) is 0 Å². The predicted octanol–water partition coefficient (Wildman–Crippen LogP) is 5.22. The Morgan fingerprint density at radius 1 is 0.931 bits per heavy atom. The maximum absolute atomic E-state index is 12.9. The highest BCUT2D eigenvalue weighted by molar-refractivity contribution is 6.01. The van der Waals surface area contributed by atoms with Crippen LogP contribution in [0.15, 0.2) is 48.5 Å². The van der Waals surface area contributed by atoms with Crippen molar-refractivity contribution in [2.75, 3.05) is 0 Å². The number of ether oxygens (including phenoxy) is 1. The first-order valence-corrected chi connectivity index (χ1v) is 8.19. The van der Waals surface area contributed by atoms with Crippen molar-refractivity contribution in [3.63, 3.8) is 0 Å². The van der Waals surface area contributed by atoms with Crippen molar-refractivity contribution in [2.24, 2.45) is 0 Å². The molecule has 0 radical (unpaired) electrons. The molecule has 0 aliphatic heterocycles. The number of alkyl halides is 6. The standard InChI is InChI=1S/C19H15F6NO3/c1-11(26-17(28)29-10-12-5-3-2-4-6-12)16(27)13-7-14(18(20,21)22)9-15(8-13)19(23,24)25/h2-9,11H,10H2,1H3,(H,26,28)/t11-/m0/s1/i1+1,11+1,16+1,26+1. The van der Waals surface area contributed by atoms with Gasteiger partial charge >= 0.3 is 18.4 Å². The number of carbonyl (C=O) groups is 2. The van der Waals surface area contributed by atoms with E-state index in [0.717, 1.165) is 6.92 Å². The number of rotatable bonds is 5. The first kappa shape index (κ1) is 22.3. The Labute approximate surface area is 161 Å². The molecular weight excluding hydrogens is 408 g/mol. The molecule has 10 heteroatoms. The van der Waals surface area contributed by atoms with Crippen LogP contribution in [0.3, 0.4) is 0 Å². The summed E-state index contributed by atoms with van der Waals surface area (Å²) in [6, 6.07) is 7.62. The highest BCUT2D eigenvalue weighted by Gasteiger charge is 2.38. The number of alkyl carbamates (subject to hydrolysis) is 1. The molecule has 0 aromatic heterocycles. The maximum atomic E-state index is 12.9. The minimum absolute atomic E-state index is 0.0804. The molecule has 0 unspecified atom stereocenters. The van der Waals surface area contributed by atoms with Crippen molar-refractivity contribution in [1.82, 2.24) is 5.32 Å². The molecule has 0 aliphatic rings. The van der Waals surface area contributed by atoms with Gasteiger partial charge in [-0.05, 0) is 30.7 Å². The van der Waals surface area contributed by atoms with E-state index in [4.69, 9.17) is 4.74 Å². The molecule has 0 fully saturated rings. The number of benzene rings is 2. The van der Waals surface area contributed by atoms with Gasteiger partial charge in [0.1, 0.15) is 6.61 Å². The molecule has 0 saturated carbocycles. The van der Waals surface area contributed by atoms with Crippen LogP contribution in [0, 0.1) is 0 Å². The molecule has 29 heavy (non-hydrogen) atoms. The highest BCUT2D eigenvalue weighted by Crippen LogP contribution is 2.36. The Kier molecular flexibility index (Phi) is 6.55. The lowest BCUT2D eigenvalue weighted by Crippen LogP contribution is -2.39. The molecule has 2 aromatic carbocycles. The molecular formula is C19H15F6NO3. The van der Waals surface area contributed by atoms with E-state index in [2.05, 4.69) is 5.32 Å². The maximum Gasteiger partial charge on any atom is 0.416 e. The number of hydrogen-bond acceptors (Lipinski definition) is 3. The molecule has 4 nitrogen and oxygen atoms in total. The summed E-state index contributed by atoms with van der Waals surface area (Å²) in [5.41, 5.74) is -3.42. The zero-order valence-corrected chi connectivity index (χ0v) is 14.9. The molecule has 1 amide bonds. The van der Waals surface area contributed by atoms with Gasteiger partial charge < -0.3 is 10.1 Å². The lowest BCUT2D eigenvalue weighted by molar-refractivity contribution is -0.143. The zero-order valence-electron chi connectivity index (χ0n) is 14.9. The van der Waals surface area contributed by atoms with E-state index in [9.17, 15) is 35.9 Å². The molecule has 2 rings (SSSR count). The summed E-state index contributed by atoms with van der Waals surface area (Å²) in [6.45, 7) is 0.995. The third kappa shape index (κ3) is 6.23. The first-order valence-electron chi connectivity index (χ1n) is 8.19. The van der Waals surface area contributed by atoms with Crippen LogP contribution in [0.4, 0.5) is 31.1 Å². The van der Waals surface area contributed by atoms with Crippen LogP contribution in [-0.4, -0.2) is 17.9 Å². The monoisotopic (exact) mass is 423 g/mol. The fourth-order valence-electron chi connectivity index (χ4n) is 2.35. The number of amides is 1. The summed E-state index contributed by atoms with van der Waals surface area (Å²) in [4.78, 5) is 24.1. The molecule has 2 aromatic rings. The van der Waals surface area contributed by atoms with Gasteiger partial charge in [0.2, 0.25) is 0 Å². The van der Waals surface area contributed by atoms with Gasteiger partial charge in [-0.25, -0.2) is 4.79 Å². The van der Waals surface area contributed by atoms with Crippen molar-refractivity contribution in [2.45, 2.75) is 31.9 Å². The molecule has 0 spiro atoms. The van der Waals surface area contributed by atoms with Crippen molar-refractivity contribution in [3.8, 4) is 0 Å². The number of carbonyl (C=O) groups excluding carboxylic acids is 2. The van der Waals surface area contributed by atoms with Crippen LogP contribution < -0.4 is 5.32 Å². The summed E-state index contributed by atoms with van der Waals surface area (Å²) >= 11 is 0. The van der Waals surface area contributed by atoms with Crippen molar-refractivity contribution in [3.05, 3.63) is 70.8 Å². The van der Waals surface area contributed by atoms with Crippen molar-refractivity contribution < 1.29 is 40.7 Å². The van der Waals surface area contributed by atoms with E-state index in [0.29, 0.717) is 17.7 Å². The number of hydrogen-bond donors (Lipinski definition) is 1. The second-order valence-electron chi connectivity index (χ2n) is 6.09. The van der Waals surface area contributed by atoms with Crippen LogP contribution in [0.25, 0.3) is 0 Å². The lowest BCUT2D eigenvalue weighted by atomic mass is 10.1. The quantitative estimate of drug-likeness (QED) is 0.311. The first-order chi connectivity index (χ1) is 13.4. The molecule has 0 saturated heterocycles. The second-order valence-corrected chi connectivity index (χ2v) is 6.09.